The van der Waals surface area contributed by atoms with Crippen LogP contribution in [0.1, 0.15) is 40.5 Å². The van der Waals surface area contributed by atoms with Gasteiger partial charge in [0.25, 0.3) is 0 Å². The van der Waals surface area contributed by atoms with Gasteiger partial charge in [0, 0.05) is 24.4 Å². The normalized spacial score (nSPS) is 14.2. The number of benzene rings is 2. The summed E-state index contributed by atoms with van der Waals surface area (Å²) in [7, 11) is 1.02. The van der Waals surface area contributed by atoms with Crippen LogP contribution in [-0.4, -0.2) is 22.8 Å². The molecule has 0 amide bonds. The standard InChI is InChI=1S/C20H30O2Si/c1-7-11-16(2)20(3,4)23(21-5,22-6)19-15-10-13-17-12-8-9-14-18(17)19/h8-10,12-16H,7,11H2,1-6H3. The number of fused-ring (bicyclic) bond motifs is 1. The van der Waals surface area contributed by atoms with Crippen molar-refractivity contribution in [3.05, 3.63) is 42.5 Å². The zero-order valence-corrected chi connectivity index (χ0v) is 16.3. The van der Waals surface area contributed by atoms with Gasteiger partial charge in [-0.05, 0) is 16.7 Å². The van der Waals surface area contributed by atoms with E-state index in [2.05, 4.69) is 70.2 Å². The Morgan fingerprint density at radius 3 is 2.22 bits per heavy atom. The van der Waals surface area contributed by atoms with Crippen LogP contribution in [0, 0.1) is 5.92 Å². The highest BCUT2D eigenvalue weighted by Gasteiger charge is 2.55. The number of hydrogen-bond donors (Lipinski definition) is 0. The Labute approximate surface area is 142 Å². The van der Waals surface area contributed by atoms with Gasteiger partial charge < -0.3 is 8.85 Å². The Kier molecular flexibility index (Phi) is 5.66. The van der Waals surface area contributed by atoms with Crippen molar-refractivity contribution < 1.29 is 8.85 Å². The zero-order chi connectivity index (χ0) is 17.1. The first-order chi connectivity index (χ1) is 10.9. The fourth-order valence-corrected chi connectivity index (χ4v) is 7.85. The zero-order valence-electron chi connectivity index (χ0n) is 15.3. The van der Waals surface area contributed by atoms with Gasteiger partial charge >= 0.3 is 8.56 Å². The predicted octanol–water partition coefficient (Wildman–Crippen LogP) is 5.00. The van der Waals surface area contributed by atoms with Gasteiger partial charge in [-0.25, -0.2) is 0 Å². The van der Waals surface area contributed by atoms with Crippen molar-refractivity contribution in [1.29, 1.82) is 0 Å². The molecule has 0 heterocycles. The first kappa shape index (κ1) is 18.2. The minimum atomic E-state index is -2.61. The van der Waals surface area contributed by atoms with E-state index < -0.39 is 8.56 Å². The molecule has 0 spiro atoms. The van der Waals surface area contributed by atoms with E-state index in [1.54, 1.807) is 0 Å². The molecule has 0 fully saturated rings. The van der Waals surface area contributed by atoms with Crippen molar-refractivity contribution in [1.82, 2.24) is 0 Å². The molecule has 0 saturated heterocycles. The van der Waals surface area contributed by atoms with E-state index in [0.717, 1.165) is 0 Å². The molecule has 1 unspecified atom stereocenters. The maximum Gasteiger partial charge on any atom is 0.378 e. The van der Waals surface area contributed by atoms with E-state index >= 15 is 0 Å². The molecule has 0 aromatic heterocycles. The SMILES string of the molecule is CCCC(C)C(C)(C)[Si](OC)(OC)c1cccc2ccccc12. The fraction of sp³-hybridized carbons (Fsp3) is 0.500. The van der Waals surface area contributed by atoms with Crippen molar-refractivity contribution in [2.75, 3.05) is 14.2 Å². The first-order valence-electron chi connectivity index (χ1n) is 8.53. The summed E-state index contributed by atoms with van der Waals surface area (Å²) < 4.78 is 12.5. The van der Waals surface area contributed by atoms with Crippen molar-refractivity contribution in [2.24, 2.45) is 5.92 Å². The number of hydrogen-bond acceptors (Lipinski definition) is 2. The van der Waals surface area contributed by atoms with Gasteiger partial charge in [0.15, 0.2) is 0 Å². The summed E-state index contributed by atoms with van der Waals surface area (Å²) in [4.78, 5) is 0. The van der Waals surface area contributed by atoms with Gasteiger partial charge in [-0.3, -0.25) is 0 Å². The predicted molar refractivity (Wildman–Crippen MR) is 101 cm³/mol. The van der Waals surface area contributed by atoms with Crippen molar-refractivity contribution in [3.63, 3.8) is 0 Å². The molecule has 2 nitrogen and oxygen atoms in total. The van der Waals surface area contributed by atoms with Crippen LogP contribution in [0.3, 0.4) is 0 Å². The van der Waals surface area contributed by atoms with E-state index in [1.165, 1.54) is 28.8 Å². The molecule has 2 aromatic carbocycles. The third-order valence-electron chi connectivity index (χ3n) is 5.52. The second-order valence-electron chi connectivity index (χ2n) is 6.96. The summed E-state index contributed by atoms with van der Waals surface area (Å²) in [5.41, 5.74) is 0. The molecule has 0 aliphatic rings. The van der Waals surface area contributed by atoms with Crippen molar-refractivity contribution in [3.8, 4) is 0 Å². The summed E-state index contributed by atoms with van der Waals surface area (Å²) >= 11 is 0. The molecule has 0 aliphatic carbocycles. The Hall–Kier alpha value is -1.16. The van der Waals surface area contributed by atoms with Crippen LogP contribution in [0.5, 0.6) is 0 Å². The summed E-state index contributed by atoms with van der Waals surface area (Å²) in [5.74, 6) is 0.526. The highest BCUT2D eigenvalue weighted by Crippen LogP contribution is 2.47. The van der Waals surface area contributed by atoms with Crippen LogP contribution in [0.4, 0.5) is 0 Å². The summed E-state index contributed by atoms with van der Waals surface area (Å²) in [6, 6.07) is 15.0. The highest BCUT2D eigenvalue weighted by molar-refractivity contribution is 6.85. The largest absolute Gasteiger partial charge is 0.394 e. The monoisotopic (exact) mass is 330 g/mol. The van der Waals surface area contributed by atoms with E-state index in [4.69, 9.17) is 8.85 Å². The Morgan fingerprint density at radius 1 is 1.00 bits per heavy atom. The van der Waals surface area contributed by atoms with E-state index in [1.807, 2.05) is 14.2 Å². The fourth-order valence-electron chi connectivity index (χ4n) is 3.81. The third kappa shape index (κ3) is 2.98. The van der Waals surface area contributed by atoms with Crippen LogP contribution >= 0.6 is 0 Å². The van der Waals surface area contributed by atoms with Crippen LogP contribution < -0.4 is 5.19 Å². The lowest BCUT2D eigenvalue weighted by Gasteiger charge is -2.45. The molecular weight excluding hydrogens is 300 g/mol. The lowest BCUT2D eigenvalue weighted by molar-refractivity contribution is 0.199. The molecule has 2 rings (SSSR count). The van der Waals surface area contributed by atoms with Crippen LogP contribution in [0.25, 0.3) is 10.8 Å². The van der Waals surface area contributed by atoms with Gasteiger partial charge in [0.1, 0.15) is 0 Å². The van der Waals surface area contributed by atoms with Crippen molar-refractivity contribution in [2.45, 2.75) is 45.6 Å². The average molecular weight is 331 g/mol. The van der Waals surface area contributed by atoms with Gasteiger partial charge in [-0.15, -0.1) is 0 Å². The lowest BCUT2D eigenvalue weighted by Crippen LogP contribution is -2.62. The molecule has 23 heavy (non-hydrogen) atoms. The second kappa shape index (κ2) is 7.16. The van der Waals surface area contributed by atoms with Gasteiger partial charge in [0.2, 0.25) is 0 Å². The summed E-state index contributed by atoms with van der Waals surface area (Å²) in [5, 5.41) is 3.71. The van der Waals surface area contributed by atoms with E-state index in [0.29, 0.717) is 5.92 Å². The van der Waals surface area contributed by atoms with Gasteiger partial charge in [-0.2, -0.15) is 0 Å². The molecule has 0 N–H and O–H groups in total. The molecular formula is C20H30O2Si. The average Bonchev–Trinajstić information content (AvgIpc) is 2.56. The van der Waals surface area contributed by atoms with Gasteiger partial charge in [0.05, 0.1) is 0 Å². The van der Waals surface area contributed by atoms with E-state index in [-0.39, 0.29) is 5.04 Å². The Bertz CT molecular complexity index is 642. The molecule has 0 radical (unpaired) electrons. The Morgan fingerprint density at radius 2 is 1.61 bits per heavy atom. The summed E-state index contributed by atoms with van der Waals surface area (Å²) in [6.45, 7) is 9.20. The van der Waals surface area contributed by atoms with Gasteiger partial charge in [-0.1, -0.05) is 83.0 Å². The molecule has 2 aromatic rings. The maximum atomic E-state index is 6.23. The lowest BCUT2D eigenvalue weighted by atomic mass is 9.92. The maximum absolute atomic E-state index is 6.23. The summed E-state index contributed by atoms with van der Waals surface area (Å²) in [6.07, 6.45) is 2.36. The van der Waals surface area contributed by atoms with Crippen LogP contribution in [-0.2, 0) is 8.85 Å². The topological polar surface area (TPSA) is 18.5 Å². The highest BCUT2D eigenvalue weighted by atomic mass is 28.4. The molecule has 3 heteroatoms. The van der Waals surface area contributed by atoms with Crippen LogP contribution in [0.2, 0.25) is 5.04 Å². The Balaban J connectivity index is 2.69. The minimum Gasteiger partial charge on any atom is -0.394 e. The second-order valence-corrected chi connectivity index (χ2v) is 10.8. The molecule has 1 atom stereocenters. The molecule has 0 bridgehead atoms. The molecule has 126 valence electrons. The molecule has 0 aliphatic heterocycles. The van der Waals surface area contributed by atoms with Crippen molar-refractivity contribution >= 4 is 24.5 Å². The quantitative estimate of drug-likeness (QED) is 0.665. The minimum absolute atomic E-state index is 0.0311. The van der Waals surface area contributed by atoms with Crippen LogP contribution in [0.15, 0.2) is 42.5 Å². The smallest absolute Gasteiger partial charge is 0.378 e. The molecule has 0 saturated carbocycles. The van der Waals surface area contributed by atoms with E-state index in [9.17, 15) is 0 Å². The third-order valence-corrected chi connectivity index (χ3v) is 10.0. The first-order valence-corrected chi connectivity index (χ1v) is 10.3. The number of rotatable bonds is 7.